The Morgan fingerprint density at radius 1 is 0.791 bits per heavy atom. The van der Waals surface area contributed by atoms with Crippen molar-refractivity contribution < 1.29 is 38.7 Å². The van der Waals surface area contributed by atoms with Crippen molar-refractivity contribution in [1.82, 2.24) is 0 Å². The van der Waals surface area contributed by atoms with Crippen LogP contribution in [0.5, 0.6) is 11.5 Å². The summed E-state index contributed by atoms with van der Waals surface area (Å²) in [6.45, 7) is 9.51. The van der Waals surface area contributed by atoms with Crippen molar-refractivity contribution in [2.75, 3.05) is 26.8 Å². The van der Waals surface area contributed by atoms with E-state index in [0.29, 0.717) is 17.4 Å². The highest BCUT2D eigenvalue weighted by molar-refractivity contribution is 5.88. The molecule has 1 aliphatic carbocycles. The monoisotopic (exact) mass is 594 g/mol. The topological polar surface area (TPSA) is 112 Å². The molecular weight excluding hydrogens is 548 g/mol. The van der Waals surface area contributed by atoms with Crippen molar-refractivity contribution >= 4 is 11.9 Å². The number of unbranched alkanes of at least 4 members (excludes halogenated alkanes) is 2. The summed E-state index contributed by atoms with van der Waals surface area (Å²) in [7, 11) is 0. The van der Waals surface area contributed by atoms with Gasteiger partial charge < -0.3 is 29.2 Å². The lowest BCUT2D eigenvalue weighted by molar-refractivity contribution is -0.146. The fourth-order valence-corrected chi connectivity index (χ4v) is 5.48. The number of hydrogen-bond acceptors (Lipinski definition) is 8. The lowest BCUT2D eigenvalue weighted by Gasteiger charge is -2.30. The molecule has 0 bridgehead atoms. The largest absolute Gasteiger partial charge is 0.457 e. The number of aliphatic hydroxyl groups is 2. The molecule has 43 heavy (non-hydrogen) atoms. The van der Waals surface area contributed by atoms with Gasteiger partial charge in [-0.25, -0.2) is 9.59 Å². The van der Waals surface area contributed by atoms with Crippen molar-refractivity contribution in [3.63, 3.8) is 0 Å². The molecule has 8 nitrogen and oxygen atoms in total. The fourth-order valence-electron chi connectivity index (χ4n) is 5.48. The molecule has 2 aromatic rings. The van der Waals surface area contributed by atoms with Crippen LogP contribution in [0.1, 0.15) is 82.3 Å². The second-order valence-electron chi connectivity index (χ2n) is 11.1. The Labute approximate surface area is 255 Å². The van der Waals surface area contributed by atoms with E-state index < -0.39 is 38.7 Å². The second-order valence-corrected chi connectivity index (χ2v) is 11.1. The summed E-state index contributed by atoms with van der Waals surface area (Å²) < 4.78 is 21.4. The Hall–Kier alpha value is -3.62. The molecule has 0 aliphatic heterocycles. The normalized spacial score (nSPS) is 16.3. The van der Waals surface area contributed by atoms with Crippen molar-refractivity contribution in [2.45, 2.75) is 77.6 Å². The number of hydrogen-bond donors (Lipinski definition) is 2. The predicted molar refractivity (Wildman–Crippen MR) is 166 cm³/mol. The van der Waals surface area contributed by atoms with E-state index >= 15 is 0 Å². The van der Waals surface area contributed by atoms with Crippen LogP contribution in [0.15, 0.2) is 60.7 Å². The summed E-state index contributed by atoms with van der Waals surface area (Å²) >= 11 is 0. The quantitative estimate of drug-likeness (QED) is 0.0909. The third kappa shape index (κ3) is 10.3. The van der Waals surface area contributed by atoms with Crippen molar-refractivity contribution in [3.8, 4) is 22.6 Å². The zero-order chi connectivity index (χ0) is 31.2. The van der Waals surface area contributed by atoms with Gasteiger partial charge in [0.2, 0.25) is 13.6 Å². The maximum Gasteiger partial charge on any atom is 0.338 e. The number of carbonyl (C=O) groups excluding carboxylic acids is 2. The van der Waals surface area contributed by atoms with Crippen LogP contribution >= 0.6 is 0 Å². The Kier molecular flexibility index (Phi) is 13.8. The molecule has 0 unspecified atom stereocenters. The maximum absolute atomic E-state index is 11.9. The van der Waals surface area contributed by atoms with Crippen LogP contribution in [0.4, 0.5) is 0 Å². The second kappa shape index (κ2) is 17.5. The summed E-state index contributed by atoms with van der Waals surface area (Å²) in [5, 5.41) is 18.2. The molecular formula is C35H46O8. The first-order valence-electron chi connectivity index (χ1n) is 15.2. The Balaban J connectivity index is 1.78. The van der Waals surface area contributed by atoms with E-state index in [2.05, 4.69) is 45.2 Å². The minimum Gasteiger partial charge on any atom is -0.457 e. The standard InChI is InChI=1S/C35H46O8/c1-5-7-8-9-26-10-12-28(13-11-26)33-15-14-29(16-27(33)6-2)30-17-31(40-22-42-34(38)24(3)20-36)19-32(18-30)41-23-43-35(39)25(4)21-37/h14-19,26,28,36-37H,3-13,20-23H2,1-2H3. The molecule has 2 N–H and O–H groups in total. The van der Waals surface area contributed by atoms with Gasteiger partial charge in [-0.05, 0) is 78.3 Å². The molecule has 234 valence electrons. The Morgan fingerprint density at radius 3 is 1.88 bits per heavy atom. The first-order valence-corrected chi connectivity index (χ1v) is 15.2. The molecule has 0 atom stereocenters. The minimum atomic E-state index is -0.760. The summed E-state index contributed by atoms with van der Waals surface area (Å²) in [5.74, 6) is 0.643. The molecule has 1 aliphatic rings. The van der Waals surface area contributed by atoms with Crippen LogP contribution < -0.4 is 9.47 Å². The number of ether oxygens (including phenoxy) is 4. The van der Waals surface area contributed by atoms with Gasteiger partial charge in [-0.2, -0.15) is 0 Å². The highest BCUT2D eigenvalue weighted by atomic mass is 16.7. The Morgan fingerprint density at radius 2 is 1.37 bits per heavy atom. The van der Waals surface area contributed by atoms with Gasteiger partial charge in [-0.3, -0.25) is 0 Å². The molecule has 0 radical (unpaired) electrons. The highest BCUT2D eigenvalue weighted by Gasteiger charge is 2.24. The number of benzene rings is 2. The first-order chi connectivity index (χ1) is 20.8. The molecule has 1 saturated carbocycles. The number of esters is 2. The molecule has 0 aromatic heterocycles. The van der Waals surface area contributed by atoms with E-state index in [-0.39, 0.29) is 11.1 Å². The van der Waals surface area contributed by atoms with E-state index in [9.17, 15) is 9.59 Å². The fraction of sp³-hybridized carbons (Fsp3) is 0.486. The zero-order valence-corrected chi connectivity index (χ0v) is 25.6. The average molecular weight is 595 g/mol. The number of aliphatic hydroxyl groups excluding tert-OH is 2. The SMILES string of the molecule is C=C(CO)C(=O)OCOc1cc(OCOC(=O)C(=C)CO)cc(-c2ccc(C3CCC(CCCCC)CC3)c(CC)c2)c1. The summed E-state index contributed by atoms with van der Waals surface area (Å²) in [4.78, 5) is 23.7. The minimum absolute atomic E-state index is 0.0789. The molecule has 0 spiro atoms. The van der Waals surface area contributed by atoms with Gasteiger partial charge in [0.15, 0.2) is 0 Å². The highest BCUT2D eigenvalue weighted by Crippen LogP contribution is 2.40. The molecule has 0 amide bonds. The summed E-state index contributed by atoms with van der Waals surface area (Å²) in [6, 6.07) is 11.8. The first kappa shape index (κ1) is 33.9. The van der Waals surface area contributed by atoms with Crippen LogP contribution in [0, 0.1) is 5.92 Å². The van der Waals surface area contributed by atoms with Gasteiger partial charge in [-0.1, -0.05) is 70.9 Å². The summed E-state index contributed by atoms with van der Waals surface area (Å²) in [6.07, 6.45) is 11.3. The van der Waals surface area contributed by atoms with E-state index in [4.69, 9.17) is 29.2 Å². The average Bonchev–Trinajstić information content (AvgIpc) is 3.03. The third-order valence-electron chi connectivity index (χ3n) is 8.03. The van der Waals surface area contributed by atoms with Crippen LogP contribution in [0.3, 0.4) is 0 Å². The lowest BCUT2D eigenvalue weighted by Crippen LogP contribution is -2.15. The van der Waals surface area contributed by atoms with Gasteiger partial charge in [0.1, 0.15) is 11.5 Å². The molecule has 2 aromatic carbocycles. The molecule has 1 fully saturated rings. The molecule has 0 heterocycles. The van der Waals surface area contributed by atoms with Crippen LogP contribution in [-0.2, 0) is 25.5 Å². The van der Waals surface area contributed by atoms with E-state index in [1.807, 2.05) is 12.1 Å². The van der Waals surface area contributed by atoms with Gasteiger partial charge >= 0.3 is 11.9 Å². The van der Waals surface area contributed by atoms with Crippen LogP contribution in [-0.4, -0.2) is 49.0 Å². The molecule has 0 saturated heterocycles. The van der Waals surface area contributed by atoms with Crippen molar-refractivity contribution in [1.29, 1.82) is 0 Å². The third-order valence-corrected chi connectivity index (χ3v) is 8.03. The Bertz CT molecular complexity index is 1190. The van der Waals surface area contributed by atoms with E-state index in [0.717, 1.165) is 23.5 Å². The van der Waals surface area contributed by atoms with Gasteiger partial charge in [-0.15, -0.1) is 0 Å². The van der Waals surface area contributed by atoms with Crippen molar-refractivity contribution in [2.24, 2.45) is 5.92 Å². The zero-order valence-electron chi connectivity index (χ0n) is 25.6. The van der Waals surface area contributed by atoms with Gasteiger partial charge in [0, 0.05) is 6.07 Å². The number of aryl methyl sites for hydroxylation is 1. The predicted octanol–water partition coefficient (Wildman–Crippen LogP) is 6.63. The van der Waals surface area contributed by atoms with Gasteiger partial charge in [0.25, 0.3) is 0 Å². The summed E-state index contributed by atoms with van der Waals surface area (Å²) in [5.41, 5.74) is 4.36. The van der Waals surface area contributed by atoms with Crippen molar-refractivity contribution in [3.05, 3.63) is 71.8 Å². The van der Waals surface area contributed by atoms with E-state index in [1.165, 1.54) is 62.5 Å². The maximum atomic E-state index is 11.9. The molecule has 8 heteroatoms. The van der Waals surface area contributed by atoms with Crippen LogP contribution in [0.25, 0.3) is 11.1 Å². The number of rotatable bonds is 17. The van der Waals surface area contributed by atoms with Gasteiger partial charge in [0.05, 0.1) is 24.4 Å². The van der Waals surface area contributed by atoms with E-state index in [1.54, 1.807) is 6.07 Å². The smallest absolute Gasteiger partial charge is 0.338 e. The number of carbonyl (C=O) groups is 2. The van der Waals surface area contributed by atoms with Crippen LogP contribution in [0.2, 0.25) is 0 Å². The molecule has 3 rings (SSSR count). The lowest BCUT2D eigenvalue weighted by atomic mass is 9.75.